The van der Waals surface area contributed by atoms with E-state index in [2.05, 4.69) is 11.1 Å². The number of carbonyl (C=O) groups excluding carboxylic acids is 3. The van der Waals surface area contributed by atoms with Crippen molar-refractivity contribution < 1.29 is 20.1 Å². The van der Waals surface area contributed by atoms with Gasteiger partial charge >= 0.3 is 0 Å². The van der Waals surface area contributed by atoms with E-state index in [1.165, 1.54) is 0 Å². The monoisotopic (exact) mass is 287 g/mol. The van der Waals surface area contributed by atoms with Crippen molar-refractivity contribution in [1.82, 2.24) is 5.32 Å². The van der Waals surface area contributed by atoms with Crippen LogP contribution in [0.2, 0.25) is 0 Å². The van der Waals surface area contributed by atoms with Gasteiger partial charge in [0, 0.05) is 28.8 Å². The molecule has 0 heterocycles. The maximum absolute atomic E-state index is 12.4. The smallest absolute Gasteiger partial charge is 0.277 e. The summed E-state index contributed by atoms with van der Waals surface area (Å²) in [5, 5.41) is 2.71. The van der Waals surface area contributed by atoms with Crippen LogP contribution < -0.4 is 11.1 Å². The van der Waals surface area contributed by atoms with Gasteiger partial charge in [-0.1, -0.05) is 24.3 Å². The number of benzene rings is 1. The van der Waals surface area contributed by atoms with Crippen molar-refractivity contribution in [2.45, 2.75) is 26.3 Å². The predicted octanol–water partition coefficient (Wildman–Crippen LogP) is 0.519. The van der Waals surface area contributed by atoms with Gasteiger partial charge in [0.15, 0.2) is 17.6 Å². The molecular formula is C16H19N2O3+. The van der Waals surface area contributed by atoms with Gasteiger partial charge < -0.3 is 11.1 Å². The standard InChI is InChI=1S/C16H18N2O3/c1-9-11(7-8-18-16(21)10(2)17)15(20)13-6-4-3-5-12(13)14(9)19/h3-6,10H,7-8,17H2,1-2H3,(H,18,21)/p+1. The number of nitrogens with one attached hydrogen (secondary N) is 1. The molecule has 5 nitrogen and oxygen atoms in total. The van der Waals surface area contributed by atoms with Crippen molar-refractivity contribution in [3.63, 3.8) is 0 Å². The lowest BCUT2D eigenvalue weighted by molar-refractivity contribution is -0.398. The topological polar surface area (TPSA) is 90.9 Å². The summed E-state index contributed by atoms with van der Waals surface area (Å²) in [6, 6.07) is 6.48. The van der Waals surface area contributed by atoms with Crippen LogP contribution in [0.5, 0.6) is 0 Å². The van der Waals surface area contributed by atoms with Crippen molar-refractivity contribution in [3.8, 4) is 0 Å². The third-order valence-corrected chi connectivity index (χ3v) is 3.61. The van der Waals surface area contributed by atoms with Crippen LogP contribution >= 0.6 is 0 Å². The van der Waals surface area contributed by atoms with E-state index >= 15 is 0 Å². The van der Waals surface area contributed by atoms with E-state index in [-0.39, 0.29) is 23.5 Å². The lowest BCUT2D eigenvalue weighted by Crippen LogP contribution is -2.65. The second kappa shape index (κ2) is 6.01. The Balaban J connectivity index is 2.17. The maximum atomic E-state index is 12.4. The van der Waals surface area contributed by atoms with Gasteiger partial charge in [0.1, 0.15) is 0 Å². The van der Waals surface area contributed by atoms with Gasteiger partial charge in [0.2, 0.25) is 0 Å². The first kappa shape index (κ1) is 15.1. The summed E-state index contributed by atoms with van der Waals surface area (Å²) in [6.07, 6.45) is 0.350. The molecule has 0 aromatic heterocycles. The van der Waals surface area contributed by atoms with E-state index in [9.17, 15) is 14.4 Å². The number of Topliss-reactive ketones (excluding diaryl/α,β-unsaturated/α-hetero) is 2. The van der Waals surface area contributed by atoms with Crippen LogP contribution in [-0.4, -0.2) is 30.1 Å². The number of allylic oxidation sites excluding steroid dienone is 1. The van der Waals surface area contributed by atoms with E-state index in [4.69, 9.17) is 0 Å². The quantitative estimate of drug-likeness (QED) is 0.845. The number of quaternary nitrogens is 1. The van der Waals surface area contributed by atoms with Crippen LogP contribution in [0.3, 0.4) is 0 Å². The number of fused-ring (bicyclic) bond motifs is 1. The average Bonchev–Trinajstić information content (AvgIpc) is 2.48. The summed E-state index contributed by atoms with van der Waals surface area (Å²) in [4.78, 5) is 36.2. The number of ketones is 2. The van der Waals surface area contributed by atoms with Crippen LogP contribution in [0.25, 0.3) is 0 Å². The van der Waals surface area contributed by atoms with E-state index in [0.717, 1.165) is 0 Å². The second-order valence-electron chi connectivity index (χ2n) is 5.25. The van der Waals surface area contributed by atoms with Gasteiger partial charge in [-0.05, 0) is 20.3 Å². The van der Waals surface area contributed by atoms with E-state index < -0.39 is 0 Å². The zero-order chi connectivity index (χ0) is 15.6. The predicted molar refractivity (Wildman–Crippen MR) is 77.8 cm³/mol. The van der Waals surface area contributed by atoms with Crippen molar-refractivity contribution in [1.29, 1.82) is 0 Å². The van der Waals surface area contributed by atoms with Crippen LogP contribution in [-0.2, 0) is 4.79 Å². The molecule has 110 valence electrons. The van der Waals surface area contributed by atoms with Gasteiger partial charge in [-0.3, -0.25) is 14.4 Å². The zero-order valence-corrected chi connectivity index (χ0v) is 12.2. The highest BCUT2D eigenvalue weighted by atomic mass is 16.2. The molecule has 0 saturated heterocycles. The van der Waals surface area contributed by atoms with Crippen molar-refractivity contribution >= 4 is 17.5 Å². The summed E-state index contributed by atoms with van der Waals surface area (Å²) in [7, 11) is 0. The molecule has 0 saturated carbocycles. The minimum atomic E-state index is -0.343. The first-order valence-electron chi connectivity index (χ1n) is 6.92. The molecule has 1 aromatic rings. The number of hydrogen-bond acceptors (Lipinski definition) is 3. The van der Waals surface area contributed by atoms with Crippen LogP contribution in [0.15, 0.2) is 35.4 Å². The summed E-state index contributed by atoms with van der Waals surface area (Å²) in [5.74, 6) is -0.403. The van der Waals surface area contributed by atoms with E-state index in [0.29, 0.717) is 35.2 Å². The van der Waals surface area contributed by atoms with Gasteiger partial charge in [0.25, 0.3) is 5.91 Å². The third kappa shape index (κ3) is 2.92. The number of hydrogen-bond donors (Lipinski definition) is 2. The van der Waals surface area contributed by atoms with Crippen molar-refractivity contribution in [3.05, 3.63) is 46.5 Å². The summed E-state index contributed by atoms with van der Waals surface area (Å²) in [5.41, 5.74) is 5.48. The van der Waals surface area contributed by atoms with Crippen molar-refractivity contribution in [2.75, 3.05) is 6.54 Å². The van der Waals surface area contributed by atoms with Gasteiger partial charge in [-0.2, -0.15) is 0 Å². The fourth-order valence-corrected chi connectivity index (χ4v) is 2.34. The normalized spacial score (nSPS) is 15.8. The molecule has 2 rings (SSSR count). The molecule has 1 amide bonds. The molecular weight excluding hydrogens is 268 g/mol. The molecule has 1 atom stereocenters. The molecule has 1 aliphatic carbocycles. The molecule has 1 aliphatic rings. The first-order valence-corrected chi connectivity index (χ1v) is 6.92. The zero-order valence-electron chi connectivity index (χ0n) is 12.2. The number of carbonyl (C=O) groups is 3. The highest BCUT2D eigenvalue weighted by Gasteiger charge is 2.29. The summed E-state index contributed by atoms with van der Waals surface area (Å²) < 4.78 is 0. The Morgan fingerprint density at radius 2 is 1.76 bits per heavy atom. The fraction of sp³-hybridized carbons (Fsp3) is 0.312. The van der Waals surface area contributed by atoms with Crippen LogP contribution in [0.1, 0.15) is 41.0 Å². The Bertz CT molecular complexity index is 645. The molecule has 0 radical (unpaired) electrons. The Morgan fingerprint density at radius 3 is 2.33 bits per heavy atom. The van der Waals surface area contributed by atoms with Crippen molar-refractivity contribution in [2.24, 2.45) is 0 Å². The highest BCUT2D eigenvalue weighted by molar-refractivity contribution is 6.26. The molecule has 4 N–H and O–H groups in total. The van der Waals surface area contributed by atoms with Gasteiger partial charge in [-0.25, -0.2) is 0 Å². The molecule has 0 aliphatic heterocycles. The average molecular weight is 287 g/mol. The van der Waals surface area contributed by atoms with E-state index in [1.54, 1.807) is 38.1 Å². The largest absolute Gasteiger partial charge is 0.351 e. The molecule has 5 heteroatoms. The Kier molecular flexibility index (Phi) is 4.33. The molecule has 21 heavy (non-hydrogen) atoms. The summed E-state index contributed by atoms with van der Waals surface area (Å²) >= 11 is 0. The molecule has 0 spiro atoms. The first-order chi connectivity index (χ1) is 9.93. The van der Waals surface area contributed by atoms with Gasteiger partial charge in [-0.15, -0.1) is 0 Å². The SMILES string of the molecule is CC1=C(CCNC(=O)C(C)[NH3+])C(=O)c2ccccc2C1=O. The molecule has 1 aromatic carbocycles. The molecule has 0 bridgehead atoms. The minimum absolute atomic E-state index is 0.114. The van der Waals surface area contributed by atoms with Crippen LogP contribution in [0.4, 0.5) is 0 Å². The molecule has 0 fully saturated rings. The minimum Gasteiger partial charge on any atom is -0.351 e. The van der Waals surface area contributed by atoms with Gasteiger partial charge in [0.05, 0.1) is 0 Å². The lowest BCUT2D eigenvalue weighted by atomic mass is 9.83. The third-order valence-electron chi connectivity index (χ3n) is 3.61. The second-order valence-corrected chi connectivity index (χ2v) is 5.25. The van der Waals surface area contributed by atoms with Crippen LogP contribution in [0, 0.1) is 0 Å². The van der Waals surface area contributed by atoms with E-state index in [1.807, 2.05) is 0 Å². The number of rotatable bonds is 4. The fourth-order valence-electron chi connectivity index (χ4n) is 2.34. The highest BCUT2D eigenvalue weighted by Crippen LogP contribution is 2.27. The summed E-state index contributed by atoms with van der Waals surface area (Å²) in [6.45, 7) is 3.69. The molecule has 1 unspecified atom stereocenters. The lowest BCUT2D eigenvalue weighted by Gasteiger charge is -2.19. The number of amides is 1. The maximum Gasteiger partial charge on any atom is 0.277 e. The Labute approximate surface area is 123 Å². The Morgan fingerprint density at radius 1 is 1.19 bits per heavy atom. The Hall–Kier alpha value is -2.27.